The second kappa shape index (κ2) is 7.57. The second-order valence-electron chi connectivity index (χ2n) is 5.84. The van der Waals surface area contributed by atoms with Crippen LogP contribution >= 0.6 is 11.6 Å². The number of hydrogen-bond donors (Lipinski definition) is 1. The Labute approximate surface area is 151 Å². The van der Waals surface area contributed by atoms with Gasteiger partial charge in [0.2, 0.25) is 0 Å². The molecule has 1 atom stereocenters. The molecule has 8 heteroatoms. The molecule has 0 aliphatic carbocycles. The summed E-state index contributed by atoms with van der Waals surface area (Å²) in [7, 11) is 4.97. The number of aryl methyl sites for hydroxylation is 1. The summed E-state index contributed by atoms with van der Waals surface area (Å²) < 4.78 is 7.16. The van der Waals surface area contributed by atoms with Crippen molar-refractivity contribution in [3.05, 3.63) is 40.7 Å². The van der Waals surface area contributed by atoms with Crippen LogP contribution in [0.15, 0.2) is 24.3 Å². The second-order valence-corrected chi connectivity index (χ2v) is 6.28. The summed E-state index contributed by atoms with van der Waals surface area (Å²) in [5.41, 5.74) is 1.24. The molecule has 0 spiro atoms. The van der Waals surface area contributed by atoms with Crippen LogP contribution in [-0.4, -0.2) is 46.7 Å². The van der Waals surface area contributed by atoms with E-state index in [0.29, 0.717) is 22.2 Å². The Balaban J connectivity index is 2.18. The number of hydrogen-bond acceptors (Lipinski definition) is 4. The van der Waals surface area contributed by atoms with Crippen molar-refractivity contribution in [2.75, 3.05) is 19.4 Å². The van der Waals surface area contributed by atoms with E-state index in [2.05, 4.69) is 10.4 Å². The molecule has 1 unspecified atom stereocenters. The van der Waals surface area contributed by atoms with E-state index in [-0.39, 0.29) is 17.5 Å². The largest absolute Gasteiger partial charge is 0.481 e. The smallest absolute Gasteiger partial charge is 0.276 e. The lowest BCUT2D eigenvalue weighted by molar-refractivity contribution is -0.122. The molecule has 1 N–H and O–H groups in total. The highest BCUT2D eigenvalue weighted by atomic mass is 35.5. The van der Waals surface area contributed by atoms with Gasteiger partial charge in [0, 0.05) is 26.2 Å². The number of nitrogens with one attached hydrogen (secondary N) is 1. The molecule has 25 heavy (non-hydrogen) atoms. The van der Waals surface area contributed by atoms with E-state index in [0.717, 1.165) is 0 Å². The lowest BCUT2D eigenvalue weighted by Crippen LogP contribution is -2.31. The predicted molar refractivity (Wildman–Crippen MR) is 96.1 cm³/mol. The minimum absolute atomic E-state index is 0.188. The highest BCUT2D eigenvalue weighted by molar-refractivity contribution is 6.30. The zero-order valence-corrected chi connectivity index (χ0v) is 15.6. The van der Waals surface area contributed by atoms with Crippen LogP contribution in [0, 0.1) is 6.92 Å². The van der Waals surface area contributed by atoms with Gasteiger partial charge in [0.15, 0.2) is 11.8 Å². The molecule has 0 fully saturated rings. The van der Waals surface area contributed by atoms with Gasteiger partial charge in [-0.3, -0.25) is 14.3 Å². The molecule has 1 aromatic carbocycles. The minimum Gasteiger partial charge on any atom is -0.481 e. The van der Waals surface area contributed by atoms with E-state index < -0.39 is 6.10 Å². The normalized spacial score (nSPS) is 11.8. The first-order valence-corrected chi connectivity index (χ1v) is 8.06. The highest BCUT2D eigenvalue weighted by Gasteiger charge is 2.25. The minimum atomic E-state index is -0.777. The molecule has 0 aliphatic heterocycles. The Morgan fingerprint density at radius 2 is 2.04 bits per heavy atom. The van der Waals surface area contributed by atoms with Crippen molar-refractivity contribution in [1.29, 1.82) is 0 Å². The van der Waals surface area contributed by atoms with Crippen molar-refractivity contribution in [2.45, 2.75) is 20.0 Å². The Morgan fingerprint density at radius 1 is 1.36 bits per heavy atom. The molecule has 2 rings (SSSR count). The van der Waals surface area contributed by atoms with E-state index >= 15 is 0 Å². The summed E-state index contributed by atoms with van der Waals surface area (Å²) in [6, 6.07) is 6.80. The number of halogens is 1. The SMILES string of the molecule is Cc1c(NC(=O)C(C)Oc2cccc(Cl)c2)c(C(=O)N(C)C)nn1C. The maximum Gasteiger partial charge on any atom is 0.276 e. The third-order valence-electron chi connectivity index (χ3n) is 3.67. The molecule has 2 amide bonds. The number of ether oxygens (including phenoxy) is 1. The molecule has 0 saturated heterocycles. The monoisotopic (exact) mass is 364 g/mol. The first-order chi connectivity index (χ1) is 11.7. The third kappa shape index (κ3) is 4.30. The van der Waals surface area contributed by atoms with Crippen LogP contribution in [-0.2, 0) is 11.8 Å². The molecule has 7 nitrogen and oxygen atoms in total. The quantitative estimate of drug-likeness (QED) is 0.884. The van der Waals surface area contributed by atoms with Gasteiger partial charge in [-0.05, 0) is 32.0 Å². The van der Waals surface area contributed by atoms with Gasteiger partial charge in [-0.25, -0.2) is 0 Å². The lowest BCUT2D eigenvalue weighted by atomic mass is 10.2. The van der Waals surface area contributed by atoms with Crippen molar-refractivity contribution in [1.82, 2.24) is 14.7 Å². The molecular formula is C17H21ClN4O3. The van der Waals surface area contributed by atoms with Crippen LogP contribution in [0.5, 0.6) is 5.75 Å². The van der Waals surface area contributed by atoms with Crippen LogP contribution in [0.2, 0.25) is 5.02 Å². The van der Waals surface area contributed by atoms with Crippen LogP contribution in [0.3, 0.4) is 0 Å². The van der Waals surface area contributed by atoms with E-state index in [1.54, 1.807) is 63.9 Å². The predicted octanol–water partition coefficient (Wildman–Crippen LogP) is 2.49. The summed E-state index contributed by atoms with van der Waals surface area (Å²) in [6.45, 7) is 3.40. The van der Waals surface area contributed by atoms with Crippen molar-refractivity contribution in [3.63, 3.8) is 0 Å². The van der Waals surface area contributed by atoms with Gasteiger partial charge in [-0.15, -0.1) is 0 Å². The molecule has 0 radical (unpaired) electrons. The van der Waals surface area contributed by atoms with Gasteiger partial charge in [-0.1, -0.05) is 17.7 Å². The fourth-order valence-corrected chi connectivity index (χ4v) is 2.32. The van der Waals surface area contributed by atoms with Gasteiger partial charge < -0.3 is 15.0 Å². The average Bonchev–Trinajstić information content (AvgIpc) is 2.82. The number of carbonyl (C=O) groups excluding carboxylic acids is 2. The third-order valence-corrected chi connectivity index (χ3v) is 3.90. The Kier molecular flexibility index (Phi) is 5.69. The highest BCUT2D eigenvalue weighted by Crippen LogP contribution is 2.22. The number of benzene rings is 1. The number of aromatic nitrogens is 2. The van der Waals surface area contributed by atoms with Crippen molar-refractivity contribution in [3.8, 4) is 5.75 Å². The summed E-state index contributed by atoms with van der Waals surface area (Å²) in [5.74, 6) is -0.186. The molecule has 1 heterocycles. The summed E-state index contributed by atoms with van der Waals surface area (Å²) in [4.78, 5) is 26.1. The van der Waals surface area contributed by atoms with E-state index in [1.807, 2.05) is 0 Å². The van der Waals surface area contributed by atoms with Crippen LogP contribution in [0.1, 0.15) is 23.1 Å². The fourth-order valence-electron chi connectivity index (χ4n) is 2.14. The zero-order chi connectivity index (χ0) is 18.7. The lowest BCUT2D eigenvalue weighted by Gasteiger charge is -2.16. The average molecular weight is 365 g/mol. The van der Waals surface area contributed by atoms with Crippen LogP contribution in [0.4, 0.5) is 5.69 Å². The first-order valence-electron chi connectivity index (χ1n) is 7.69. The Morgan fingerprint density at radius 3 is 2.64 bits per heavy atom. The van der Waals surface area contributed by atoms with Crippen molar-refractivity contribution < 1.29 is 14.3 Å². The van der Waals surface area contributed by atoms with E-state index in [1.165, 1.54) is 4.90 Å². The fraction of sp³-hybridized carbons (Fsp3) is 0.353. The molecule has 0 saturated carbocycles. The maximum absolute atomic E-state index is 12.5. The number of rotatable bonds is 5. The van der Waals surface area contributed by atoms with Crippen molar-refractivity contribution >= 4 is 29.1 Å². The van der Waals surface area contributed by atoms with Gasteiger partial charge in [0.05, 0.1) is 11.4 Å². The topological polar surface area (TPSA) is 76.5 Å². The van der Waals surface area contributed by atoms with Crippen molar-refractivity contribution in [2.24, 2.45) is 7.05 Å². The molecule has 1 aromatic heterocycles. The number of nitrogens with zero attached hydrogens (tertiary/aromatic N) is 3. The standard InChI is InChI=1S/C17H21ClN4O3/c1-10-14(15(20-22(10)5)17(24)21(3)4)19-16(23)11(2)25-13-8-6-7-12(18)9-13/h6-9,11H,1-5H3,(H,19,23). The van der Waals surface area contributed by atoms with Gasteiger partial charge in [0.25, 0.3) is 11.8 Å². The number of amides is 2. The van der Waals surface area contributed by atoms with Gasteiger partial charge in [-0.2, -0.15) is 5.10 Å². The molecule has 0 bridgehead atoms. The molecule has 2 aromatic rings. The van der Waals surface area contributed by atoms with Crippen LogP contribution in [0.25, 0.3) is 0 Å². The molecular weight excluding hydrogens is 344 g/mol. The van der Waals surface area contributed by atoms with Gasteiger partial charge >= 0.3 is 0 Å². The first kappa shape index (κ1) is 18.8. The molecule has 134 valence electrons. The Bertz CT molecular complexity index is 801. The van der Waals surface area contributed by atoms with Gasteiger partial charge in [0.1, 0.15) is 5.75 Å². The Hall–Kier alpha value is -2.54. The molecule has 0 aliphatic rings. The summed E-state index contributed by atoms with van der Waals surface area (Å²) in [6.07, 6.45) is -0.777. The summed E-state index contributed by atoms with van der Waals surface area (Å²) in [5, 5.41) is 7.45. The van der Waals surface area contributed by atoms with Crippen LogP contribution < -0.4 is 10.1 Å². The van der Waals surface area contributed by atoms with E-state index in [4.69, 9.17) is 16.3 Å². The maximum atomic E-state index is 12.5. The summed E-state index contributed by atoms with van der Waals surface area (Å²) >= 11 is 5.91. The number of carbonyl (C=O) groups is 2. The zero-order valence-electron chi connectivity index (χ0n) is 14.8. The van der Waals surface area contributed by atoms with E-state index in [9.17, 15) is 9.59 Å². The number of anilines is 1.